The largest absolute Gasteiger partial charge is 0.465 e. The second kappa shape index (κ2) is 5.87. The lowest BCUT2D eigenvalue weighted by Crippen LogP contribution is -2.60. The van der Waals surface area contributed by atoms with Crippen LogP contribution >= 0.6 is 0 Å². The molecule has 0 spiro atoms. The van der Waals surface area contributed by atoms with Crippen LogP contribution in [0, 0.1) is 5.41 Å². The number of benzene rings is 1. The third-order valence-corrected chi connectivity index (χ3v) is 4.07. The summed E-state index contributed by atoms with van der Waals surface area (Å²) < 4.78 is 0. The van der Waals surface area contributed by atoms with Gasteiger partial charge in [-0.15, -0.1) is 0 Å². The van der Waals surface area contributed by atoms with Crippen molar-refractivity contribution in [3.63, 3.8) is 0 Å². The van der Waals surface area contributed by atoms with Gasteiger partial charge in [0.05, 0.1) is 6.04 Å². The number of nitrogens with two attached hydrogens (primary N) is 1. The second-order valence-corrected chi connectivity index (χ2v) is 6.73. The zero-order chi connectivity index (χ0) is 16.5. The van der Waals surface area contributed by atoms with Gasteiger partial charge in [-0.05, 0) is 29.7 Å². The molecule has 2 amide bonds. The lowest BCUT2D eigenvalue weighted by Gasteiger charge is -2.45. The minimum absolute atomic E-state index is 0.0840. The van der Waals surface area contributed by atoms with Gasteiger partial charge in [0.1, 0.15) is 0 Å². The number of nitrogens with zero attached hydrogens (tertiary/aromatic N) is 2. The summed E-state index contributed by atoms with van der Waals surface area (Å²) >= 11 is 0. The zero-order valence-electron chi connectivity index (χ0n) is 13.2. The fraction of sp³-hybridized carbons (Fsp3) is 0.500. The van der Waals surface area contributed by atoms with Gasteiger partial charge in [0.15, 0.2) is 0 Å². The molecular weight excluding hydrogens is 282 g/mol. The van der Waals surface area contributed by atoms with Gasteiger partial charge in [0.2, 0.25) is 0 Å². The number of hydrogen-bond acceptors (Lipinski definition) is 3. The van der Waals surface area contributed by atoms with Crippen LogP contribution in [-0.2, 0) is 0 Å². The SMILES string of the molecule is CC(C)(C)C1CN(C(=O)c2ccc(N)cc2)CCN1C(=O)O. The van der Waals surface area contributed by atoms with Gasteiger partial charge in [-0.2, -0.15) is 0 Å². The van der Waals surface area contributed by atoms with E-state index in [0.717, 1.165) is 0 Å². The van der Waals surface area contributed by atoms with Crippen LogP contribution < -0.4 is 5.73 Å². The summed E-state index contributed by atoms with van der Waals surface area (Å²) in [4.78, 5) is 27.1. The molecule has 1 atom stereocenters. The fourth-order valence-electron chi connectivity index (χ4n) is 2.75. The van der Waals surface area contributed by atoms with E-state index in [1.807, 2.05) is 20.8 Å². The molecule has 6 nitrogen and oxygen atoms in total. The lowest BCUT2D eigenvalue weighted by molar-refractivity contribution is 0.0198. The third kappa shape index (κ3) is 3.32. The molecule has 0 bridgehead atoms. The van der Waals surface area contributed by atoms with Crippen molar-refractivity contribution < 1.29 is 14.7 Å². The van der Waals surface area contributed by atoms with Crippen molar-refractivity contribution >= 4 is 17.7 Å². The van der Waals surface area contributed by atoms with Crippen molar-refractivity contribution in [2.75, 3.05) is 25.4 Å². The van der Waals surface area contributed by atoms with Crippen LogP contribution in [0.2, 0.25) is 0 Å². The molecule has 6 heteroatoms. The minimum atomic E-state index is -0.931. The molecule has 120 valence electrons. The number of rotatable bonds is 1. The van der Waals surface area contributed by atoms with Gasteiger partial charge in [0.25, 0.3) is 5.91 Å². The van der Waals surface area contributed by atoms with Crippen LogP contribution in [0.3, 0.4) is 0 Å². The van der Waals surface area contributed by atoms with Gasteiger partial charge < -0.3 is 20.6 Å². The number of hydrogen-bond donors (Lipinski definition) is 2. The average Bonchev–Trinajstić information content (AvgIpc) is 2.45. The van der Waals surface area contributed by atoms with Gasteiger partial charge in [-0.25, -0.2) is 4.79 Å². The highest BCUT2D eigenvalue weighted by Gasteiger charge is 2.39. The predicted molar refractivity (Wildman–Crippen MR) is 84.7 cm³/mol. The maximum absolute atomic E-state index is 12.6. The van der Waals surface area contributed by atoms with Crippen LogP contribution in [0.1, 0.15) is 31.1 Å². The van der Waals surface area contributed by atoms with Crippen LogP contribution in [0.15, 0.2) is 24.3 Å². The molecule has 22 heavy (non-hydrogen) atoms. The van der Waals surface area contributed by atoms with Crippen molar-refractivity contribution in [1.29, 1.82) is 0 Å². The summed E-state index contributed by atoms with van der Waals surface area (Å²) in [6.45, 7) is 7.11. The van der Waals surface area contributed by atoms with Crippen LogP contribution in [-0.4, -0.2) is 52.6 Å². The highest BCUT2D eigenvalue weighted by atomic mass is 16.4. The van der Waals surface area contributed by atoms with Crippen molar-refractivity contribution in [3.05, 3.63) is 29.8 Å². The molecule has 0 saturated carbocycles. The summed E-state index contributed by atoms with van der Waals surface area (Å²) in [6, 6.07) is 6.57. The molecule has 1 aliphatic heterocycles. The van der Waals surface area contributed by atoms with Gasteiger partial charge in [-0.1, -0.05) is 20.8 Å². The van der Waals surface area contributed by atoms with Crippen LogP contribution in [0.25, 0.3) is 0 Å². The lowest BCUT2D eigenvalue weighted by atomic mass is 9.84. The molecule has 1 aliphatic rings. The molecule has 2 rings (SSSR count). The standard InChI is InChI=1S/C16H23N3O3/c1-16(2,3)13-10-18(8-9-19(13)15(21)22)14(20)11-4-6-12(17)7-5-11/h4-7,13H,8-10,17H2,1-3H3,(H,21,22). The number of carbonyl (C=O) groups is 2. The second-order valence-electron chi connectivity index (χ2n) is 6.73. The number of piperazine rings is 1. The van der Waals surface area contributed by atoms with Crippen molar-refractivity contribution in [1.82, 2.24) is 9.80 Å². The summed E-state index contributed by atoms with van der Waals surface area (Å²) in [6.07, 6.45) is -0.931. The highest BCUT2D eigenvalue weighted by molar-refractivity contribution is 5.94. The Morgan fingerprint density at radius 3 is 2.27 bits per heavy atom. The fourth-order valence-corrected chi connectivity index (χ4v) is 2.75. The highest BCUT2D eigenvalue weighted by Crippen LogP contribution is 2.28. The number of carboxylic acid groups (broad SMARTS) is 1. The molecule has 1 heterocycles. The minimum Gasteiger partial charge on any atom is -0.465 e. The Morgan fingerprint density at radius 1 is 1.18 bits per heavy atom. The van der Waals surface area contributed by atoms with E-state index < -0.39 is 6.09 Å². The monoisotopic (exact) mass is 305 g/mol. The van der Waals surface area contributed by atoms with E-state index in [1.165, 1.54) is 4.90 Å². The summed E-state index contributed by atoms with van der Waals surface area (Å²) in [5.74, 6) is -0.0840. The number of nitrogen functional groups attached to an aromatic ring is 1. The molecule has 1 aromatic rings. The molecule has 1 saturated heterocycles. The Labute approximate surface area is 130 Å². The maximum atomic E-state index is 12.6. The molecule has 0 radical (unpaired) electrons. The Morgan fingerprint density at radius 2 is 1.77 bits per heavy atom. The van der Waals surface area contributed by atoms with E-state index >= 15 is 0 Å². The van der Waals surface area contributed by atoms with E-state index in [9.17, 15) is 14.7 Å². The van der Waals surface area contributed by atoms with E-state index in [2.05, 4.69) is 0 Å². The molecule has 3 N–H and O–H groups in total. The Kier molecular flexibility index (Phi) is 4.30. The molecule has 0 aliphatic carbocycles. The zero-order valence-corrected chi connectivity index (χ0v) is 13.2. The summed E-state index contributed by atoms with van der Waals surface area (Å²) in [5, 5.41) is 9.35. The third-order valence-electron chi connectivity index (χ3n) is 4.07. The van der Waals surface area contributed by atoms with Gasteiger partial charge >= 0.3 is 6.09 Å². The molecule has 1 fully saturated rings. The van der Waals surface area contributed by atoms with Crippen molar-refractivity contribution in [2.24, 2.45) is 5.41 Å². The first-order valence-electron chi connectivity index (χ1n) is 7.34. The average molecular weight is 305 g/mol. The maximum Gasteiger partial charge on any atom is 0.407 e. The topological polar surface area (TPSA) is 86.9 Å². The van der Waals surface area contributed by atoms with E-state index in [4.69, 9.17) is 5.73 Å². The number of amides is 2. The first kappa shape index (κ1) is 16.1. The quantitative estimate of drug-likeness (QED) is 0.778. The number of anilines is 1. The van der Waals surface area contributed by atoms with E-state index in [-0.39, 0.29) is 17.4 Å². The Balaban J connectivity index is 2.18. The molecular formula is C16H23N3O3. The van der Waals surface area contributed by atoms with E-state index in [0.29, 0.717) is 30.9 Å². The van der Waals surface area contributed by atoms with Gasteiger partial charge in [-0.3, -0.25) is 4.79 Å². The molecule has 1 aromatic carbocycles. The Bertz CT molecular complexity index is 563. The normalized spacial score (nSPS) is 19.1. The first-order chi connectivity index (χ1) is 10.2. The number of carbonyl (C=O) groups excluding carboxylic acids is 1. The summed E-state index contributed by atoms with van der Waals surface area (Å²) in [5.41, 5.74) is 6.59. The molecule has 1 unspecified atom stereocenters. The first-order valence-corrected chi connectivity index (χ1v) is 7.34. The smallest absolute Gasteiger partial charge is 0.407 e. The molecule has 0 aromatic heterocycles. The summed E-state index contributed by atoms with van der Waals surface area (Å²) in [7, 11) is 0. The van der Waals surface area contributed by atoms with Crippen molar-refractivity contribution in [3.8, 4) is 0 Å². The van der Waals surface area contributed by atoms with Gasteiger partial charge in [0, 0.05) is 30.9 Å². The van der Waals surface area contributed by atoms with Crippen LogP contribution in [0.5, 0.6) is 0 Å². The Hall–Kier alpha value is -2.24. The van der Waals surface area contributed by atoms with Crippen molar-refractivity contribution in [2.45, 2.75) is 26.8 Å². The van der Waals surface area contributed by atoms with Crippen LogP contribution in [0.4, 0.5) is 10.5 Å². The predicted octanol–water partition coefficient (Wildman–Crippen LogP) is 2.12. The van der Waals surface area contributed by atoms with E-state index in [1.54, 1.807) is 29.2 Å².